The van der Waals surface area contributed by atoms with Crippen molar-refractivity contribution in [2.45, 2.75) is 79.7 Å². The van der Waals surface area contributed by atoms with Gasteiger partial charge in [-0.3, -0.25) is 0 Å². The van der Waals surface area contributed by atoms with E-state index in [2.05, 4.69) is 0 Å². The van der Waals surface area contributed by atoms with Crippen molar-refractivity contribution in [1.82, 2.24) is 0 Å². The second-order valence-corrected chi connectivity index (χ2v) is 7.60. The molecule has 0 aromatic rings. The van der Waals surface area contributed by atoms with Crippen LogP contribution in [0, 0.1) is 0 Å². The summed E-state index contributed by atoms with van der Waals surface area (Å²) < 4.78 is 21.1. The van der Waals surface area contributed by atoms with Gasteiger partial charge in [-0.25, -0.2) is 0 Å². The minimum absolute atomic E-state index is 0.752. The zero-order valence-corrected chi connectivity index (χ0v) is 16.9. The largest absolute Gasteiger partial charge is 0.394 e. The normalized spacial score (nSPS) is 43.6. The Kier molecular flexibility index (Phi) is 10.5. The first-order valence-electron chi connectivity index (χ1n) is 9.92. The lowest BCUT2D eigenvalue weighted by Gasteiger charge is -2.46. The van der Waals surface area contributed by atoms with Crippen LogP contribution in [0.5, 0.6) is 0 Å². The van der Waals surface area contributed by atoms with Gasteiger partial charge >= 0.3 is 0 Å². The summed E-state index contributed by atoms with van der Waals surface area (Å²) in [6, 6.07) is 0. The maximum atomic E-state index is 10.6. The first kappa shape index (κ1) is 27.6. The molecule has 0 unspecified atom stereocenters. The van der Waals surface area contributed by atoms with E-state index in [0.29, 0.717) is 0 Å². The van der Waals surface area contributed by atoms with Crippen LogP contribution in [-0.4, -0.2) is 162 Å². The maximum Gasteiger partial charge on any atom is 0.187 e. The van der Waals surface area contributed by atoms with E-state index in [-0.39, 0.29) is 0 Å². The molecule has 2 heterocycles. The van der Waals surface area contributed by atoms with Crippen LogP contribution in [0.4, 0.5) is 0 Å². The Morgan fingerprint density at radius 1 is 0.656 bits per heavy atom. The number of hydrogen-bond acceptors (Lipinski definition) is 15. The van der Waals surface area contributed by atoms with Crippen LogP contribution in [0.25, 0.3) is 0 Å². The van der Waals surface area contributed by atoms with E-state index in [1.165, 1.54) is 0 Å². The third kappa shape index (κ3) is 5.90. The topological polar surface area (TPSA) is 259 Å². The summed E-state index contributed by atoms with van der Waals surface area (Å²) in [6.07, 6.45) is -21.9. The highest BCUT2D eigenvalue weighted by Gasteiger charge is 2.51. The summed E-state index contributed by atoms with van der Waals surface area (Å²) in [5, 5.41) is 107. The third-order valence-electron chi connectivity index (χ3n) is 5.41. The van der Waals surface area contributed by atoms with Gasteiger partial charge in [-0.2, -0.15) is 0 Å². The summed E-state index contributed by atoms with van der Waals surface area (Å²) in [7, 11) is 0. The van der Waals surface area contributed by atoms with E-state index in [0.717, 1.165) is 0 Å². The Balaban J connectivity index is 2.18. The van der Waals surface area contributed by atoms with Gasteiger partial charge in [-0.15, -0.1) is 0 Å². The molecule has 0 saturated carbocycles. The quantitative estimate of drug-likeness (QED) is 0.140. The van der Waals surface area contributed by atoms with Crippen LogP contribution >= 0.6 is 0 Å². The smallest absolute Gasteiger partial charge is 0.187 e. The molecule has 0 spiro atoms. The van der Waals surface area contributed by atoms with Crippen LogP contribution in [0.1, 0.15) is 0 Å². The maximum absolute atomic E-state index is 10.6. The van der Waals surface area contributed by atoms with E-state index in [1.54, 1.807) is 0 Å². The van der Waals surface area contributed by atoms with Crippen molar-refractivity contribution in [2.75, 3.05) is 26.4 Å². The zero-order valence-electron chi connectivity index (χ0n) is 16.9. The molecule has 0 radical (unpaired) electrons. The standard InChI is InChI=1S/C17H32O15/c18-1-5(22)9(23)6(2-19)29-17-14(28)15(11(25)8(4-21)31-17)32-16-13(27)12(26)10(24)7(3-20)30-16/h5-28H,1-4H2/t5-,6+,7+,8+,9+,10-,11-,12-,13+,14+,15-,16-,17+/m0/s1. The minimum atomic E-state index is -1.88. The van der Waals surface area contributed by atoms with Crippen molar-refractivity contribution in [2.24, 2.45) is 0 Å². The fourth-order valence-corrected chi connectivity index (χ4v) is 3.42. The van der Waals surface area contributed by atoms with Crippen molar-refractivity contribution in [3.63, 3.8) is 0 Å². The molecule has 0 aliphatic carbocycles. The van der Waals surface area contributed by atoms with Gasteiger partial charge in [0.1, 0.15) is 67.1 Å². The fraction of sp³-hybridized carbons (Fsp3) is 1.00. The molecule has 13 atom stereocenters. The molecule has 2 aliphatic heterocycles. The van der Waals surface area contributed by atoms with E-state index in [4.69, 9.17) is 24.1 Å². The predicted octanol–water partition coefficient (Wildman–Crippen LogP) is -7.30. The molecule has 15 heteroatoms. The molecular weight excluding hydrogens is 444 g/mol. The third-order valence-corrected chi connectivity index (χ3v) is 5.41. The number of aliphatic hydroxyl groups is 11. The average molecular weight is 476 g/mol. The summed E-state index contributed by atoms with van der Waals surface area (Å²) in [5.41, 5.74) is 0. The van der Waals surface area contributed by atoms with E-state index in [9.17, 15) is 51.1 Å². The second kappa shape index (κ2) is 12.2. The van der Waals surface area contributed by atoms with Crippen molar-refractivity contribution in [3.05, 3.63) is 0 Å². The Morgan fingerprint density at radius 2 is 1.22 bits per heavy atom. The van der Waals surface area contributed by atoms with Crippen LogP contribution < -0.4 is 0 Å². The monoisotopic (exact) mass is 476 g/mol. The van der Waals surface area contributed by atoms with E-state index >= 15 is 0 Å². The van der Waals surface area contributed by atoms with Gasteiger partial charge in [-0.05, 0) is 0 Å². The molecule has 15 nitrogen and oxygen atoms in total. The van der Waals surface area contributed by atoms with Crippen LogP contribution in [-0.2, 0) is 18.9 Å². The lowest BCUT2D eigenvalue weighted by atomic mass is 9.97. The predicted molar refractivity (Wildman–Crippen MR) is 97.5 cm³/mol. The zero-order chi connectivity index (χ0) is 24.2. The Hall–Kier alpha value is -0.600. The van der Waals surface area contributed by atoms with Crippen molar-refractivity contribution in [1.29, 1.82) is 0 Å². The van der Waals surface area contributed by atoms with Crippen LogP contribution in [0.2, 0.25) is 0 Å². The highest BCUT2D eigenvalue weighted by Crippen LogP contribution is 2.30. The first-order chi connectivity index (χ1) is 15.1. The minimum Gasteiger partial charge on any atom is -0.394 e. The van der Waals surface area contributed by atoms with Crippen LogP contribution in [0.3, 0.4) is 0 Å². The van der Waals surface area contributed by atoms with Gasteiger partial charge in [0.25, 0.3) is 0 Å². The number of aliphatic hydroxyl groups excluding tert-OH is 11. The average Bonchev–Trinajstić information content (AvgIpc) is 2.80. The molecule has 0 aromatic heterocycles. The van der Waals surface area contributed by atoms with Crippen molar-refractivity contribution in [3.8, 4) is 0 Å². The number of ether oxygens (including phenoxy) is 4. The Labute approximate surface area is 182 Å². The molecule has 0 amide bonds. The first-order valence-corrected chi connectivity index (χ1v) is 9.92. The molecule has 11 N–H and O–H groups in total. The van der Waals surface area contributed by atoms with E-state index in [1.807, 2.05) is 0 Å². The number of hydrogen-bond donors (Lipinski definition) is 11. The molecule has 0 bridgehead atoms. The molecule has 2 aliphatic rings. The fourth-order valence-electron chi connectivity index (χ4n) is 3.42. The van der Waals surface area contributed by atoms with Gasteiger partial charge in [-0.1, -0.05) is 0 Å². The Bertz CT molecular complexity index is 552. The molecule has 190 valence electrons. The molecule has 2 saturated heterocycles. The summed E-state index contributed by atoms with van der Waals surface area (Å²) in [6.45, 7) is -3.29. The highest BCUT2D eigenvalue weighted by atomic mass is 16.7. The summed E-state index contributed by atoms with van der Waals surface area (Å²) in [4.78, 5) is 0. The van der Waals surface area contributed by atoms with Crippen molar-refractivity contribution < 1.29 is 75.1 Å². The van der Waals surface area contributed by atoms with Gasteiger partial charge < -0.3 is 75.1 Å². The molecule has 0 aromatic carbocycles. The second-order valence-electron chi connectivity index (χ2n) is 7.60. The molecular formula is C17H32O15. The van der Waals surface area contributed by atoms with Gasteiger partial charge in [0, 0.05) is 0 Å². The highest BCUT2D eigenvalue weighted by molar-refractivity contribution is 4.94. The lowest BCUT2D eigenvalue weighted by Crippen LogP contribution is -2.65. The lowest BCUT2D eigenvalue weighted by molar-refractivity contribution is -0.367. The van der Waals surface area contributed by atoms with Gasteiger partial charge in [0.15, 0.2) is 12.6 Å². The van der Waals surface area contributed by atoms with E-state index < -0.39 is 106 Å². The molecule has 2 fully saturated rings. The van der Waals surface area contributed by atoms with Gasteiger partial charge in [0.2, 0.25) is 0 Å². The summed E-state index contributed by atoms with van der Waals surface area (Å²) in [5.74, 6) is 0. The van der Waals surface area contributed by atoms with Gasteiger partial charge in [0.05, 0.1) is 26.4 Å². The van der Waals surface area contributed by atoms with Crippen molar-refractivity contribution >= 4 is 0 Å². The molecule has 2 rings (SSSR count). The number of rotatable bonds is 10. The Morgan fingerprint density at radius 3 is 1.75 bits per heavy atom. The molecule has 32 heavy (non-hydrogen) atoms. The van der Waals surface area contributed by atoms with Crippen LogP contribution in [0.15, 0.2) is 0 Å². The summed E-state index contributed by atoms with van der Waals surface area (Å²) >= 11 is 0. The SMILES string of the molecule is OC[C@H](O)[C@@H](O)[C@@H](CO)O[C@@H]1O[C@H](CO)[C@H](O)[C@H](O[C@@H]2O[C@H](CO)[C@H](O)[C@H](O)[C@H]2O)[C@H]1O.